The molecule has 8 aliphatic rings. The van der Waals surface area contributed by atoms with Gasteiger partial charge in [0.1, 0.15) is 11.5 Å². The summed E-state index contributed by atoms with van der Waals surface area (Å²) in [5.41, 5.74) is 9.62. The van der Waals surface area contributed by atoms with Crippen LogP contribution >= 0.6 is 11.3 Å². The van der Waals surface area contributed by atoms with E-state index in [1.807, 2.05) is 11.3 Å². The van der Waals surface area contributed by atoms with Gasteiger partial charge in [0.25, 0.3) is 0 Å². The van der Waals surface area contributed by atoms with Crippen LogP contribution in [-0.4, -0.2) is 6.04 Å². The molecule has 7 atom stereocenters. The Balaban J connectivity index is 0.918. The van der Waals surface area contributed by atoms with Gasteiger partial charge in [0.05, 0.1) is 16.4 Å². The third-order valence-electron chi connectivity index (χ3n) is 13.5. The molecule has 0 saturated carbocycles. The van der Waals surface area contributed by atoms with E-state index in [2.05, 4.69) is 175 Å². The molecule has 7 unspecified atom stereocenters. The first-order valence-corrected chi connectivity index (χ1v) is 22.1. The molecular formula is C54H49NOS. The van der Waals surface area contributed by atoms with E-state index in [1.165, 1.54) is 49.3 Å². The predicted octanol–water partition coefficient (Wildman–Crippen LogP) is 14.1. The zero-order valence-electron chi connectivity index (χ0n) is 32.4. The average molecular weight is 760 g/mol. The van der Waals surface area contributed by atoms with E-state index < -0.39 is 0 Å². The van der Waals surface area contributed by atoms with Crippen LogP contribution in [0.1, 0.15) is 72.8 Å². The fraction of sp³-hybridized carbons (Fsp3) is 0.259. The van der Waals surface area contributed by atoms with Gasteiger partial charge < -0.3 is 9.64 Å². The second-order valence-electron chi connectivity index (χ2n) is 16.8. The largest absolute Gasteiger partial charge is 0.460 e. The molecule has 0 N–H and O–H groups in total. The van der Waals surface area contributed by atoms with Gasteiger partial charge in [0, 0.05) is 51.1 Å². The summed E-state index contributed by atoms with van der Waals surface area (Å²) >= 11 is 2.05. The number of ether oxygens (including phenoxy) is 1. The minimum Gasteiger partial charge on any atom is -0.460 e. The van der Waals surface area contributed by atoms with E-state index >= 15 is 0 Å². The van der Waals surface area contributed by atoms with Crippen LogP contribution in [0.15, 0.2) is 192 Å². The van der Waals surface area contributed by atoms with E-state index in [0.29, 0.717) is 29.6 Å². The summed E-state index contributed by atoms with van der Waals surface area (Å²) in [5.74, 6) is 4.81. The zero-order chi connectivity index (χ0) is 37.7. The number of thiophene rings is 1. The molecule has 1 aliphatic heterocycles. The van der Waals surface area contributed by atoms with Crippen LogP contribution < -0.4 is 9.64 Å². The van der Waals surface area contributed by atoms with Gasteiger partial charge in [-0.3, -0.25) is 0 Å². The number of para-hydroxylation sites is 1. The number of hydrogen-bond acceptors (Lipinski definition) is 3. The minimum atomic E-state index is 0.218. The highest BCUT2D eigenvalue weighted by molar-refractivity contribution is 7.20. The standard InChI is InChI=1S/C54H49NOS/c1-3-12-36(13-4-1)37-24-26-38(27-25-37)39-28-32-42(33-29-39)55(43-34-30-41(31-35-43)44-17-9-19-47-46-16-7-8-23-51(46)56-52(44)47)50-22-11-21-49-48-20-10-18-45(53(48)57-54(49)50)40-14-5-2-6-15-40/h1-12,14,16-17,20-26,28-30,32,34-36,38,40-42,45,47H,13,15,18-19,27,31,33H2. The van der Waals surface area contributed by atoms with Crippen molar-refractivity contribution in [2.45, 2.75) is 62.8 Å². The smallest absolute Gasteiger partial charge is 0.130 e. The molecule has 0 fully saturated rings. The molecule has 11 rings (SSSR count). The summed E-state index contributed by atoms with van der Waals surface area (Å²) in [4.78, 5) is 4.22. The van der Waals surface area contributed by atoms with Gasteiger partial charge in [0.2, 0.25) is 0 Å². The summed E-state index contributed by atoms with van der Waals surface area (Å²) in [6.45, 7) is 0. The zero-order valence-corrected chi connectivity index (χ0v) is 33.2. The number of anilines is 1. The van der Waals surface area contributed by atoms with E-state index in [0.717, 1.165) is 56.5 Å². The lowest BCUT2D eigenvalue weighted by atomic mass is 9.80. The van der Waals surface area contributed by atoms with Crippen LogP contribution in [0.5, 0.6) is 5.75 Å². The van der Waals surface area contributed by atoms with E-state index in [9.17, 15) is 0 Å². The van der Waals surface area contributed by atoms with E-state index in [-0.39, 0.29) is 12.0 Å². The van der Waals surface area contributed by atoms with Crippen LogP contribution in [0.4, 0.5) is 5.69 Å². The normalized spacial score (nSPS) is 29.2. The molecule has 0 amide bonds. The van der Waals surface area contributed by atoms with Crippen LogP contribution in [0, 0.1) is 23.7 Å². The monoisotopic (exact) mass is 759 g/mol. The Bertz CT molecular complexity index is 2530. The fourth-order valence-electron chi connectivity index (χ4n) is 10.5. The maximum absolute atomic E-state index is 6.57. The molecule has 2 aromatic carbocycles. The van der Waals surface area contributed by atoms with Crippen molar-refractivity contribution in [1.82, 2.24) is 0 Å². The lowest BCUT2D eigenvalue weighted by Gasteiger charge is -2.36. The topological polar surface area (TPSA) is 12.5 Å². The maximum atomic E-state index is 6.57. The summed E-state index contributed by atoms with van der Waals surface area (Å²) in [5, 5.41) is 1.39. The summed E-state index contributed by atoms with van der Waals surface area (Å²) < 4.78 is 7.99. The minimum absolute atomic E-state index is 0.218. The Morgan fingerprint density at radius 2 is 1.40 bits per heavy atom. The van der Waals surface area contributed by atoms with Crippen molar-refractivity contribution in [3.63, 3.8) is 0 Å². The number of nitrogens with zero attached hydrogens (tertiary/aromatic N) is 1. The molecule has 282 valence electrons. The molecule has 0 radical (unpaired) electrons. The first-order valence-electron chi connectivity index (χ1n) is 21.3. The van der Waals surface area contributed by atoms with E-state index in [1.54, 1.807) is 4.88 Å². The molecule has 2 heterocycles. The highest BCUT2D eigenvalue weighted by Gasteiger charge is 2.35. The lowest BCUT2D eigenvalue weighted by molar-refractivity contribution is 0.411. The van der Waals surface area contributed by atoms with Gasteiger partial charge in [-0.15, -0.1) is 11.3 Å². The number of hydrogen-bond donors (Lipinski definition) is 0. The summed E-state index contributed by atoms with van der Waals surface area (Å²) in [6, 6.07) is 15.9. The van der Waals surface area contributed by atoms with Crippen molar-refractivity contribution < 1.29 is 4.74 Å². The Labute approximate surface area is 341 Å². The number of benzene rings is 2. The molecule has 3 aromatic rings. The third kappa shape index (κ3) is 6.32. The Morgan fingerprint density at radius 1 is 0.596 bits per heavy atom. The van der Waals surface area contributed by atoms with Crippen LogP contribution in [-0.2, 0) is 0 Å². The first kappa shape index (κ1) is 34.8. The van der Waals surface area contributed by atoms with Crippen molar-refractivity contribution in [2.24, 2.45) is 23.7 Å². The second kappa shape index (κ2) is 14.8. The van der Waals surface area contributed by atoms with Gasteiger partial charge in [-0.1, -0.05) is 152 Å². The number of rotatable bonds is 7. The van der Waals surface area contributed by atoms with Crippen LogP contribution in [0.25, 0.3) is 16.2 Å². The van der Waals surface area contributed by atoms with Crippen LogP contribution in [0.2, 0.25) is 0 Å². The Kier molecular flexibility index (Phi) is 9.07. The van der Waals surface area contributed by atoms with Gasteiger partial charge in [-0.25, -0.2) is 0 Å². The quantitative estimate of drug-likeness (QED) is 0.238. The summed E-state index contributed by atoms with van der Waals surface area (Å²) in [7, 11) is 0. The SMILES string of the molecule is C1=CCC(C2=CCC(C3=CCC(N(C4=CCC(C5=C6Oc7ccccc7C6CC=C5)C=C4)c4cccc5c6c(sc45)C(C4C=CC=CC4)CC=C6)C=C3)C=C2)C=C1. The third-order valence-corrected chi connectivity index (χ3v) is 14.9. The number of allylic oxidation sites excluding steroid dienone is 22. The van der Waals surface area contributed by atoms with Crippen molar-refractivity contribution in [1.29, 1.82) is 0 Å². The molecular weight excluding hydrogens is 711 g/mol. The Hall–Kier alpha value is -5.38. The number of fused-ring (bicyclic) bond motifs is 6. The molecule has 1 aromatic heterocycles. The predicted molar refractivity (Wildman–Crippen MR) is 240 cm³/mol. The van der Waals surface area contributed by atoms with Crippen molar-refractivity contribution >= 4 is 33.2 Å². The van der Waals surface area contributed by atoms with Crippen molar-refractivity contribution in [2.75, 3.05) is 4.90 Å². The van der Waals surface area contributed by atoms with Crippen molar-refractivity contribution in [3.05, 3.63) is 208 Å². The van der Waals surface area contributed by atoms with E-state index in [4.69, 9.17) is 4.74 Å². The highest BCUT2D eigenvalue weighted by Crippen LogP contribution is 2.51. The molecule has 3 heteroatoms. The second-order valence-corrected chi connectivity index (χ2v) is 17.8. The fourth-order valence-corrected chi connectivity index (χ4v) is 12.0. The van der Waals surface area contributed by atoms with Gasteiger partial charge >= 0.3 is 0 Å². The summed E-state index contributed by atoms with van der Waals surface area (Å²) in [6.07, 6.45) is 57.2. The molecule has 0 saturated heterocycles. The van der Waals surface area contributed by atoms with Gasteiger partial charge in [-0.2, -0.15) is 0 Å². The Morgan fingerprint density at radius 3 is 2.19 bits per heavy atom. The van der Waals surface area contributed by atoms with Gasteiger partial charge in [0.15, 0.2) is 0 Å². The maximum Gasteiger partial charge on any atom is 0.130 e. The molecule has 0 bridgehead atoms. The lowest BCUT2D eigenvalue weighted by Crippen LogP contribution is -2.34. The van der Waals surface area contributed by atoms with Crippen molar-refractivity contribution in [3.8, 4) is 5.75 Å². The molecule has 57 heavy (non-hydrogen) atoms. The molecule has 0 spiro atoms. The van der Waals surface area contributed by atoms with Gasteiger partial charge in [-0.05, 0) is 91.4 Å². The first-order chi connectivity index (χ1) is 28.3. The molecule has 2 nitrogen and oxygen atoms in total. The van der Waals surface area contributed by atoms with Crippen LogP contribution in [0.3, 0.4) is 0 Å². The average Bonchev–Trinajstić information content (AvgIpc) is 3.87. The highest BCUT2D eigenvalue weighted by atomic mass is 32.1. The molecule has 7 aliphatic carbocycles.